The Morgan fingerprint density at radius 2 is 1.29 bits per heavy atom. The topological polar surface area (TPSA) is 55.8 Å². The number of halogens is 3. The van der Waals surface area contributed by atoms with Gasteiger partial charge in [-0.25, -0.2) is 18.0 Å². The van der Waals surface area contributed by atoms with Crippen LogP contribution in [0.1, 0.15) is 17.3 Å². The summed E-state index contributed by atoms with van der Waals surface area (Å²) in [6.07, 6.45) is 0. The fraction of sp³-hybridized carbons (Fsp3) is 0.0741. The number of esters is 1. The molecule has 4 aromatic rings. The first kappa shape index (κ1) is 22.9. The number of carbonyl (C=O) groups is 1. The first-order valence-electron chi connectivity index (χ1n) is 10.4. The van der Waals surface area contributed by atoms with E-state index in [1.807, 2.05) is 0 Å². The lowest BCUT2D eigenvalue weighted by molar-refractivity contribution is 0.0730. The molecule has 4 rings (SSSR count). The van der Waals surface area contributed by atoms with Crippen LogP contribution in [0.5, 0.6) is 17.2 Å². The van der Waals surface area contributed by atoms with Crippen LogP contribution in [0, 0.1) is 17.5 Å². The van der Waals surface area contributed by atoms with E-state index in [4.69, 9.17) is 9.47 Å². The van der Waals surface area contributed by atoms with Crippen molar-refractivity contribution in [2.75, 3.05) is 6.61 Å². The zero-order chi connectivity index (χ0) is 24.2. The maximum atomic E-state index is 14.8. The molecule has 0 radical (unpaired) electrons. The number of phenolic OH excluding ortho intramolecular Hbond substituents is 1. The van der Waals surface area contributed by atoms with Gasteiger partial charge in [0.05, 0.1) is 12.2 Å². The van der Waals surface area contributed by atoms with Crippen molar-refractivity contribution in [3.05, 3.63) is 102 Å². The second kappa shape index (κ2) is 9.70. The minimum absolute atomic E-state index is 0.0207. The van der Waals surface area contributed by atoms with Crippen molar-refractivity contribution in [1.29, 1.82) is 0 Å². The lowest BCUT2D eigenvalue weighted by Crippen LogP contribution is -2.11. The molecule has 0 saturated heterocycles. The molecule has 0 fully saturated rings. The zero-order valence-electron chi connectivity index (χ0n) is 18.0. The Morgan fingerprint density at radius 3 is 1.82 bits per heavy atom. The Hall–Kier alpha value is -4.26. The van der Waals surface area contributed by atoms with Crippen molar-refractivity contribution < 1.29 is 32.5 Å². The highest BCUT2D eigenvalue weighted by atomic mass is 19.2. The molecule has 34 heavy (non-hydrogen) atoms. The van der Waals surface area contributed by atoms with E-state index in [1.165, 1.54) is 72.8 Å². The van der Waals surface area contributed by atoms with Crippen LogP contribution in [0.3, 0.4) is 0 Å². The first-order valence-corrected chi connectivity index (χ1v) is 10.4. The highest BCUT2D eigenvalue weighted by Gasteiger charge is 2.18. The highest BCUT2D eigenvalue weighted by Crippen LogP contribution is 2.33. The van der Waals surface area contributed by atoms with Crippen molar-refractivity contribution in [3.8, 4) is 39.5 Å². The summed E-state index contributed by atoms with van der Waals surface area (Å²) in [5.74, 6) is -3.30. The number of aromatic hydroxyl groups is 1. The second-order valence-electron chi connectivity index (χ2n) is 7.32. The first-order chi connectivity index (χ1) is 16.4. The average Bonchev–Trinajstić information content (AvgIpc) is 2.82. The summed E-state index contributed by atoms with van der Waals surface area (Å²) >= 11 is 0. The molecule has 0 aliphatic rings. The van der Waals surface area contributed by atoms with Crippen molar-refractivity contribution in [2.24, 2.45) is 0 Å². The predicted octanol–water partition coefficient (Wildman–Crippen LogP) is 6.76. The molecule has 4 nitrogen and oxygen atoms in total. The third-order valence-electron chi connectivity index (χ3n) is 5.11. The van der Waals surface area contributed by atoms with Crippen molar-refractivity contribution in [3.63, 3.8) is 0 Å². The van der Waals surface area contributed by atoms with Crippen LogP contribution in [0.4, 0.5) is 13.2 Å². The predicted molar refractivity (Wildman–Crippen MR) is 121 cm³/mol. The number of carbonyl (C=O) groups excluding carboxylic acids is 1. The summed E-state index contributed by atoms with van der Waals surface area (Å²) in [7, 11) is 0. The summed E-state index contributed by atoms with van der Waals surface area (Å²) < 4.78 is 54.1. The molecule has 0 heterocycles. The van der Waals surface area contributed by atoms with Crippen LogP contribution >= 0.6 is 0 Å². The molecule has 4 aromatic carbocycles. The number of rotatable bonds is 6. The third kappa shape index (κ3) is 4.73. The molecular weight excluding hydrogens is 445 g/mol. The van der Waals surface area contributed by atoms with Gasteiger partial charge < -0.3 is 14.6 Å². The molecule has 0 unspecified atom stereocenters. The Balaban J connectivity index is 1.53. The minimum atomic E-state index is -1.04. The summed E-state index contributed by atoms with van der Waals surface area (Å²) in [4.78, 5) is 12.3. The number of hydrogen-bond donors (Lipinski definition) is 1. The Kier molecular flexibility index (Phi) is 6.54. The second-order valence-corrected chi connectivity index (χ2v) is 7.32. The van der Waals surface area contributed by atoms with Gasteiger partial charge in [-0.15, -0.1) is 0 Å². The van der Waals surface area contributed by atoms with Gasteiger partial charge in [0, 0.05) is 17.2 Å². The number of phenols is 1. The fourth-order valence-corrected chi connectivity index (χ4v) is 3.42. The average molecular weight is 464 g/mol. The van der Waals surface area contributed by atoms with Crippen LogP contribution in [-0.4, -0.2) is 17.7 Å². The molecule has 7 heteroatoms. The van der Waals surface area contributed by atoms with E-state index in [0.29, 0.717) is 23.5 Å². The quantitative estimate of drug-likeness (QED) is 0.253. The lowest BCUT2D eigenvalue weighted by Gasteiger charge is -2.11. The van der Waals surface area contributed by atoms with Crippen LogP contribution in [-0.2, 0) is 0 Å². The summed E-state index contributed by atoms with van der Waals surface area (Å²) in [5.41, 5.74) is 0.607. The van der Waals surface area contributed by atoms with Crippen LogP contribution in [0.25, 0.3) is 22.3 Å². The SMILES string of the molecule is CCOc1ccc(C(=O)Oc2ccc(-c3ccc(-c4ccc(O)cc4)c(F)c3F)cc2)c(F)c1. The largest absolute Gasteiger partial charge is 0.508 e. The normalized spacial score (nSPS) is 10.7. The summed E-state index contributed by atoms with van der Waals surface area (Å²) in [6.45, 7) is 2.12. The van der Waals surface area contributed by atoms with Crippen molar-refractivity contribution >= 4 is 5.97 Å². The summed E-state index contributed by atoms with van der Waals surface area (Å²) in [6, 6.07) is 18.2. The van der Waals surface area contributed by atoms with Gasteiger partial charge in [0.2, 0.25) is 0 Å². The fourth-order valence-electron chi connectivity index (χ4n) is 3.42. The maximum absolute atomic E-state index is 14.8. The molecule has 0 aromatic heterocycles. The van der Waals surface area contributed by atoms with E-state index in [9.17, 15) is 23.1 Å². The van der Waals surface area contributed by atoms with E-state index in [-0.39, 0.29) is 28.2 Å². The third-order valence-corrected chi connectivity index (χ3v) is 5.11. The van der Waals surface area contributed by atoms with E-state index in [1.54, 1.807) is 6.92 Å². The van der Waals surface area contributed by atoms with Crippen LogP contribution in [0.2, 0.25) is 0 Å². The Labute approximate surface area is 193 Å². The molecule has 0 saturated carbocycles. The minimum Gasteiger partial charge on any atom is -0.508 e. The van der Waals surface area contributed by atoms with Gasteiger partial charge in [-0.3, -0.25) is 0 Å². The summed E-state index contributed by atoms with van der Waals surface area (Å²) in [5, 5.41) is 9.38. The van der Waals surface area contributed by atoms with Crippen molar-refractivity contribution in [1.82, 2.24) is 0 Å². The standard InChI is InChI=1S/C27H19F3O4/c1-2-33-20-11-12-23(24(28)15-20)27(32)34-19-9-5-17(6-10-19)22-14-13-21(25(29)26(22)30)16-3-7-18(31)8-4-16/h3-15,31H,2H2,1H3. The van der Waals surface area contributed by atoms with Gasteiger partial charge in [-0.1, -0.05) is 36.4 Å². The van der Waals surface area contributed by atoms with E-state index in [0.717, 1.165) is 6.07 Å². The van der Waals surface area contributed by atoms with Gasteiger partial charge in [0.1, 0.15) is 23.1 Å². The molecule has 0 atom stereocenters. The molecule has 1 N–H and O–H groups in total. The van der Waals surface area contributed by atoms with E-state index < -0.39 is 23.4 Å². The molecule has 172 valence electrons. The van der Waals surface area contributed by atoms with Gasteiger partial charge in [-0.05, 0) is 54.4 Å². The Morgan fingerprint density at radius 1 is 0.765 bits per heavy atom. The maximum Gasteiger partial charge on any atom is 0.346 e. The monoisotopic (exact) mass is 464 g/mol. The van der Waals surface area contributed by atoms with Gasteiger partial charge in [0.15, 0.2) is 11.6 Å². The highest BCUT2D eigenvalue weighted by molar-refractivity contribution is 5.91. The Bertz CT molecular complexity index is 1330. The van der Waals surface area contributed by atoms with Gasteiger partial charge in [0.25, 0.3) is 0 Å². The van der Waals surface area contributed by atoms with Crippen LogP contribution < -0.4 is 9.47 Å². The van der Waals surface area contributed by atoms with Gasteiger partial charge in [-0.2, -0.15) is 0 Å². The molecule has 0 spiro atoms. The number of benzene rings is 4. The van der Waals surface area contributed by atoms with E-state index in [2.05, 4.69) is 0 Å². The molecule has 0 amide bonds. The lowest BCUT2D eigenvalue weighted by atomic mass is 9.98. The van der Waals surface area contributed by atoms with Crippen molar-refractivity contribution in [2.45, 2.75) is 6.92 Å². The number of hydrogen-bond acceptors (Lipinski definition) is 4. The zero-order valence-corrected chi connectivity index (χ0v) is 18.0. The van der Waals surface area contributed by atoms with Gasteiger partial charge >= 0.3 is 5.97 Å². The molecule has 0 aliphatic heterocycles. The molecule has 0 aliphatic carbocycles. The van der Waals surface area contributed by atoms with Crippen LogP contribution in [0.15, 0.2) is 78.9 Å². The van der Waals surface area contributed by atoms with E-state index >= 15 is 0 Å². The molecular formula is C27H19F3O4. The smallest absolute Gasteiger partial charge is 0.346 e. The number of ether oxygens (including phenoxy) is 2. The molecule has 0 bridgehead atoms.